The molecule has 0 aromatic heterocycles. The van der Waals surface area contributed by atoms with Crippen LogP contribution in [0, 0.1) is 5.92 Å². The Labute approximate surface area is 189 Å². The van der Waals surface area contributed by atoms with Crippen molar-refractivity contribution in [2.45, 2.75) is 96.5 Å². The maximum Gasteiger partial charge on any atom is 0.123 e. The lowest BCUT2D eigenvalue weighted by Gasteiger charge is -2.31. The molecule has 2 aromatic carbocycles. The van der Waals surface area contributed by atoms with Gasteiger partial charge in [-0.25, -0.2) is 0 Å². The Bertz CT molecular complexity index is 809. The van der Waals surface area contributed by atoms with E-state index in [1.54, 1.807) is 0 Å². The predicted molar refractivity (Wildman–Crippen MR) is 130 cm³/mol. The Kier molecular flexibility index (Phi) is 8.75. The normalized spacial score (nSPS) is 19.2. The summed E-state index contributed by atoms with van der Waals surface area (Å²) >= 11 is 0. The molecule has 1 saturated carbocycles. The summed E-state index contributed by atoms with van der Waals surface area (Å²) in [5.41, 5.74) is 3.86. The van der Waals surface area contributed by atoms with Gasteiger partial charge in [-0.3, -0.25) is 0 Å². The minimum atomic E-state index is 0.112. The Balaban J connectivity index is 1.86. The molecular formula is C29H40O2. The van der Waals surface area contributed by atoms with Gasteiger partial charge in [0, 0.05) is 5.92 Å². The summed E-state index contributed by atoms with van der Waals surface area (Å²) in [5.74, 6) is 1.36. The molecule has 2 atom stereocenters. The molecular weight excluding hydrogens is 380 g/mol. The van der Waals surface area contributed by atoms with E-state index in [1.807, 2.05) is 6.07 Å². The molecule has 0 aliphatic heterocycles. The average Bonchev–Trinajstić information content (AvgIpc) is 2.81. The maximum absolute atomic E-state index is 11.8. The molecule has 0 heterocycles. The van der Waals surface area contributed by atoms with Crippen LogP contribution in [-0.4, -0.2) is 6.29 Å². The zero-order valence-corrected chi connectivity index (χ0v) is 19.7. The molecule has 1 fully saturated rings. The molecule has 0 spiro atoms. The van der Waals surface area contributed by atoms with Gasteiger partial charge in [0.15, 0.2) is 0 Å². The molecule has 2 unspecified atom stereocenters. The Morgan fingerprint density at radius 1 is 1.00 bits per heavy atom. The van der Waals surface area contributed by atoms with Crippen LogP contribution < -0.4 is 4.74 Å². The van der Waals surface area contributed by atoms with Crippen molar-refractivity contribution < 1.29 is 9.53 Å². The van der Waals surface area contributed by atoms with Gasteiger partial charge in [0.1, 0.15) is 18.6 Å². The Morgan fingerprint density at radius 3 is 2.52 bits per heavy atom. The third kappa shape index (κ3) is 6.45. The number of ether oxygens (including phenoxy) is 1. The summed E-state index contributed by atoms with van der Waals surface area (Å²) in [7, 11) is 0. The highest BCUT2D eigenvalue weighted by molar-refractivity contribution is 5.57. The number of carbonyl (C=O) groups excluding carboxylic acids is 1. The van der Waals surface area contributed by atoms with Crippen molar-refractivity contribution in [3.63, 3.8) is 0 Å². The van der Waals surface area contributed by atoms with Crippen molar-refractivity contribution in [2.75, 3.05) is 0 Å². The monoisotopic (exact) mass is 420 g/mol. The molecule has 0 radical (unpaired) electrons. The zero-order chi connectivity index (χ0) is 22.1. The second kappa shape index (κ2) is 11.5. The topological polar surface area (TPSA) is 26.3 Å². The molecule has 1 aliphatic carbocycles. The third-order valence-corrected chi connectivity index (χ3v) is 7.08. The number of benzene rings is 2. The smallest absolute Gasteiger partial charge is 0.123 e. The van der Waals surface area contributed by atoms with E-state index in [9.17, 15) is 4.79 Å². The number of unbranched alkanes of at least 4 members (excludes halogenated alkanes) is 3. The summed E-state index contributed by atoms with van der Waals surface area (Å²) in [4.78, 5) is 11.8. The van der Waals surface area contributed by atoms with Gasteiger partial charge in [0.25, 0.3) is 0 Å². The first-order chi connectivity index (χ1) is 15.0. The van der Waals surface area contributed by atoms with Crippen LogP contribution in [0.15, 0.2) is 48.5 Å². The first-order valence-electron chi connectivity index (χ1n) is 12.3. The van der Waals surface area contributed by atoms with Crippen LogP contribution in [0.5, 0.6) is 5.75 Å². The van der Waals surface area contributed by atoms with Gasteiger partial charge in [-0.2, -0.15) is 0 Å². The van der Waals surface area contributed by atoms with E-state index >= 15 is 0 Å². The van der Waals surface area contributed by atoms with Crippen LogP contribution in [0.3, 0.4) is 0 Å². The van der Waals surface area contributed by atoms with E-state index in [0.717, 1.165) is 25.0 Å². The van der Waals surface area contributed by atoms with E-state index < -0.39 is 0 Å². The van der Waals surface area contributed by atoms with Gasteiger partial charge in [0.05, 0.1) is 0 Å². The molecule has 2 aromatic rings. The van der Waals surface area contributed by atoms with E-state index in [1.165, 1.54) is 61.5 Å². The fourth-order valence-electron chi connectivity index (χ4n) is 4.97. The summed E-state index contributed by atoms with van der Waals surface area (Å²) in [6, 6.07) is 17.2. The maximum atomic E-state index is 11.8. The van der Waals surface area contributed by atoms with Gasteiger partial charge in [-0.05, 0) is 53.4 Å². The van der Waals surface area contributed by atoms with Gasteiger partial charge in [-0.1, -0.05) is 102 Å². The molecule has 0 bridgehead atoms. The molecule has 3 rings (SSSR count). The van der Waals surface area contributed by atoms with E-state index in [2.05, 4.69) is 63.2 Å². The number of hydrogen-bond donors (Lipinski definition) is 0. The summed E-state index contributed by atoms with van der Waals surface area (Å²) < 4.78 is 6.43. The van der Waals surface area contributed by atoms with Crippen molar-refractivity contribution in [3.8, 4) is 5.75 Å². The first-order valence-corrected chi connectivity index (χ1v) is 12.3. The molecule has 0 N–H and O–H groups in total. The lowest BCUT2D eigenvalue weighted by atomic mass is 9.74. The van der Waals surface area contributed by atoms with Gasteiger partial charge in [0.2, 0.25) is 0 Å². The SMILES string of the molecule is CCCCCCC(C)(C)c1ccc(C2CCCCC2C=O)c(OCc2ccccc2)c1. The van der Waals surface area contributed by atoms with Crippen molar-refractivity contribution >= 4 is 6.29 Å². The number of carbonyl (C=O) groups is 1. The molecule has 31 heavy (non-hydrogen) atoms. The van der Waals surface area contributed by atoms with Crippen LogP contribution >= 0.6 is 0 Å². The highest BCUT2D eigenvalue weighted by Crippen LogP contribution is 2.43. The first kappa shape index (κ1) is 23.6. The predicted octanol–water partition coefficient (Wildman–Crippen LogP) is 7.99. The minimum Gasteiger partial charge on any atom is -0.489 e. The van der Waals surface area contributed by atoms with E-state index in [0.29, 0.717) is 6.61 Å². The van der Waals surface area contributed by atoms with Crippen LogP contribution in [0.4, 0.5) is 0 Å². The van der Waals surface area contributed by atoms with Crippen LogP contribution in [-0.2, 0) is 16.8 Å². The zero-order valence-electron chi connectivity index (χ0n) is 19.7. The van der Waals surface area contributed by atoms with Gasteiger partial charge < -0.3 is 9.53 Å². The quantitative estimate of drug-likeness (QED) is 0.272. The molecule has 2 nitrogen and oxygen atoms in total. The number of aldehydes is 1. The molecule has 168 valence electrons. The molecule has 0 saturated heterocycles. The van der Waals surface area contributed by atoms with Crippen molar-refractivity contribution in [2.24, 2.45) is 5.92 Å². The fourth-order valence-corrected chi connectivity index (χ4v) is 4.97. The highest BCUT2D eigenvalue weighted by atomic mass is 16.5. The minimum absolute atomic E-state index is 0.112. The Hall–Kier alpha value is -2.09. The summed E-state index contributed by atoms with van der Waals surface area (Å²) in [6.07, 6.45) is 11.9. The van der Waals surface area contributed by atoms with E-state index in [-0.39, 0.29) is 17.3 Å². The van der Waals surface area contributed by atoms with Crippen LogP contribution in [0.2, 0.25) is 0 Å². The summed E-state index contributed by atoms with van der Waals surface area (Å²) in [5, 5.41) is 0. The third-order valence-electron chi connectivity index (χ3n) is 7.08. The summed E-state index contributed by atoms with van der Waals surface area (Å²) in [6.45, 7) is 7.53. The lowest BCUT2D eigenvalue weighted by Crippen LogP contribution is -2.21. The second-order valence-corrected chi connectivity index (χ2v) is 9.91. The van der Waals surface area contributed by atoms with Crippen molar-refractivity contribution in [3.05, 3.63) is 65.2 Å². The number of hydrogen-bond acceptors (Lipinski definition) is 2. The standard InChI is InChI=1S/C29H40O2/c1-4-5-6-12-19-29(2,3)25-17-18-27(26-16-11-10-15-24(26)21-30)28(20-25)31-22-23-13-8-7-9-14-23/h7-9,13-14,17-18,20-21,24,26H,4-6,10-12,15-16,19,22H2,1-3H3. The largest absolute Gasteiger partial charge is 0.489 e. The number of rotatable bonds is 11. The van der Waals surface area contributed by atoms with Crippen LogP contribution in [0.1, 0.15) is 101 Å². The van der Waals surface area contributed by atoms with Crippen molar-refractivity contribution in [1.29, 1.82) is 0 Å². The van der Waals surface area contributed by atoms with E-state index in [4.69, 9.17) is 4.74 Å². The fraction of sp³-hybridized carbons (Fsp3) is 0.552. The Morgan fingerprint density at radius 2 is 1.77 bits per heavy atom. The average molecular weight is 421 g/mol. The second-order valence-electron chi connectivity index (χ2n) is 9.91. The lowest BCUT2D eigenvalue weighted by molar-refractivity contribution is -0.112. The van der Waals surface area contributed by atoms with Crippen molar-refractivity contribution in [1.82, 2.24) is 0 Å². The molecule has 2 heteroatoms. The molecule has 1 aliphatic rings. The van der Waals surface area contributed by atoms with Crippen LogP contribution in [0.25, 0.3) is 0 Å². The van der Waals surface area contributed by atoms with Gasteiger partial charge in [-0.15, -0.1) is 0 Å². The molecule has 0 amide bonds. The van der Waals surface area contributed by atoms with Gasteiger partial charge >= 0.3 is 0 Å². The highest BCUT2D eigenvalue weighted by Gasteiger charge is 2.30.